The van der Waals surface area contributed by atoms with E-state index in [0.717, 1.165) is 59.3 Å². The van der Waals surface area contributed by atoms with E-state index in [1.165, 1.54) is 5.56 Å². The first-order valence-corrected chi connectivity index (χ1v) is 18.1. The summed E-state index contributed by atoms with van der Waals surface area (Å²) in [5.74, 6) is 0.750. The van der Waals surface area contributed by atoms with Gasteiger partial charge in [-0.3, -0.25) is 14.6 Å². The van der Waals surface area contributed by atoms with E-state index in [2.05, 4.69) is 38.1 Å². The summed E-state index contributed by atoms with van der Waals surface area (Å²) in [6.07, 6.45) is 11.0. The van der Waals surface area contributed by atoms with Crippen LogP contribution in [0, 0.1) is 5.41 Å². The third-order valence-corrected chi connectivity index (χ3v) is 10.6. The monoisotopic (exact) mass is 695 g/mol. The number of nitrogens with zero attached hydrogens (tertiary/aromatic N) is 4. The molecule has 266 valence electrons. The summed E-state index contributed by atoms with van der Waals surface area (Å²) in [6.45, 7) is 0.503. The van der Waals surface area contributed by atoms with Crippen molar-refractivity contribution in [3.05, 3.63) is 143 Å². The number of fused-ring (bicyclic) bond motifs is 1. The van der Waals surface area contributed by atoms with E-state index in [-0.39, 0.29) is 5.91 Å². The molecule has 52 heavy (non-hydrogen) atoms. The van der Waals surface area contributed by atoms with Gasteiger partial charge >= 0.3 is 0 Å². The van der Waals surface area contributed by atoms with Crippen LogP contribution in [0.3, 0.4) is 0 Å². The predicted molar refractivity (Wildman–Crippen MR) is 201 cm³/mol. The Hall–Kier alpha value is -5.77. The lowest BCUT2D eigenvalue weighted by Gasteiger charge is -2.41. The maximum absolute atomic E-state index is 15.1. The number of aryl methyl sites for hydroxylation is 2. The zero-order chi connectivity index (χ0) is 35.9. The fraction of sp³-hybridized carbons (Fsp3) is 0.310. The van der Waals surface area contributed by atoms with Gasteiger partial charge in [0.2, 0.25) is 11.8 Å². The van der Waals surface area contributed by atoms with E-state index < -0.39 is 23.3 Å². The highest BCUT2D eigenvalue weighted by molar-refractivity contribution is 5.94. The first kappa shape index (κ1) is 34.7. The Labute approximate surface area is 303 Å². The van der Waals surface area contributed by atoms with E-state index in [1.54, 1.807) is 31.6 Å². The zero-order valence-electron chi connectivity index (χ0n) is 29.5. The van der Waals surface area contributed by atoms with E-state index in [4.69, 9.17) is 20.7 Å². The summed E-state index contributed by atoms with van der Waals surface area (Å²) < 4.78 is 7.58. The van der Waals surface area contributed by atoms with E-state index in [9.17, 15) is 4.79 Å². The molecule has 6 aromatic rings. The summed E-state index contributed by atoms with van der Waals surface area (Å²) in [6, 6.07) is 29.5. The number of primary amides is 1. The number of aromatic amines is 1. The van der Waals surface area contributed by atoms with Gasteiger partial charge in [0.05, 0.1) is 31.0 Å². The Morgan fingerprint density at radius 3 is 2.35 bits per heavy atom. The molecule has 1 aliphatic rings. The smallest absolute Gasteiger partial charge is 0.227 e. The second-order valence-corrected chi connectivity index (χ2v) is 13.8. The Balaban J connectivity index is 1.31. The second-order valence-electron chi connectivity index (χ2n) is 13.8. The quantitative estimate of drug-likeness (QED) is 0.117. The van der Waals surface area contributed by atoms with Gasteiger partial charge in [-0.15, -0.1) is 10.2 Å². The van der Waals surface area contributed by atoms with Crippen molar-refractivity contribution in [2.75, 3.05) is 7.11 Å². The van der Waals surface area contributed by atoms with Gasteiger partial charge < -0.3 is 25.3 Å². The topological polar surface area (TPSA) is 141 Å². The Bertz CT molecular complexity index is 2100. The van der Waals surface area contributed by atoms with Crippen LogP contribution in [0.1, 0.15) is 78.0 Å². The number of hydrogen-bond donors (Lipinski definition) is 3. The first-order valence-electron chi connectivity index (χ1n) is 18.1. The highest BCUT2D eigenvalue weighted by Crippen LogP contribution is 2.48. The second kappa shape index (κ2) is 15.6. The summed E-state index contributed by atoms with van der Waals surface area (Å²) in [5, 5.41) is 14.2. The molecule has 3 aromatic carbocycles. The lowest BCUT2D eigenvalue weighted by Crippen LogP contribution is -2.51. The third-order valence-electron chi connectivity index (χ3n) is 10.6. The maximum Gasteiger partial charge on any atom is 0.227 e. The van der Waals surface area contributed by atoms with Crippen molar-refractivity contribution in [3.63, 3.8) is 0 Å². The molecular formula is C42H45N7O3. The number of carbonyl (C=O) groups is 2. The highest BCUT2D eigenvalue weighted by atomic mass is 16.5. The minimum Gasteiger partial charge on any atom is -0.497 e. The number of amides is 2. The van der Waals surface area contributed by atoms with Crippen molar-refractivity contribution >= 4 is 22.7 Å². The number of ether oxygens (including phenoxy) is 1. The number of rotatable bonds is 14. The van der Waals surface area contributed by atoms with Gasteiger partial charge in [0, 0.05) is 42.3 Å². The van der Waals surface area contributed by atoms with Crippen LogP contribution < -0.4 is 15.8 Å². The Morgan fingerprint density at radius 2 is 1.62 bits per heavy atom. The number of aromatic nitrogens is 5. The molecule has 7 rings (SSSR count). The van der Waals surface area contributed by atoms with Crippen molar-refractivity contribution in [2.24, 2.45) is 11.1 Å². The number of para-hydroxylation sites is 1. The molecule has 1 aliphatic carbocycles. The number of pyridine rings is 1. The van der Waals surface area contributed by atoms with Crippen molar-refractivity contribution in [2.45, 2.75) is 69.9 Å². The van der Waals surface area contributed by atoms with Gasteiger partial charge in [-0.05, 0) is 71.8 Å². The van der Waals surface area contributed by atoms with E-state index in [1.807, 2.05) is 66.9 Å². The van der Waals surface area contributed by atoms with E-state index >= 15 is 4.79 Å². The normalized spacial score (nSPS) is 15.2. The molecule has 4 N–H and O–H groups in total. The van der Waals surface area contributed by atoms with Crippen molar-refractivity contribution in [1.29, 1.82) is 0 Å². The molecule has 0 aliphatic heterocycles. The standard InChI is InChI=1S/C42H45N7O3/c1-52-33-17-14-30(15-18-33)28-49-37(19-16-29-10-4-2-5-11-29)47-48-40(49)36(26-32-27-45-35-13-7-6-12-34(32)35)46-41(51)42(22-8-3-9-23-42)38(39(43)50)31-20-24-44-25-21-31/h2,4-7,10-15,17-18,20-21,24-25,27,36,38,45H,3,8-9,16,19,22-23,26,28H2,1H3,(H2,43,50)(H,46,51). The average Bonchev–Trinajstić information content (AvgIpc) is 3.78. The zero-order valence-corrected chi connectivity index (χ0v) is 29.5. The van der Waals surface area contributed by atoms with Crippen LogP contribution in [-0.4, -0.2) is 43.7 Å². The molecule has 3 aromatic heterocycles. The summed E-state index contributed by atoms with van der Waals surface area (Å²) >= 11 is 0. The van der Waals surface area contributed by atoms with Crippen molar-refractivity contribution < 1.29 is 14.3 Å². The van der Waals surface area contributed by atoms with Crippen LogP contribution in [0.25, 0.3) is 10.9 Å². The molecule has 0 spiro atoms. The van der Waals surface area contributed by atoms with Crippen molar-refractivity contribution in [3.8, 4) is 5.75 Å². The summed E-state index contributed by atoms with van der Waals surface area (Å²) in [5.41, 5.74) is 10.2. The van der Waals surface area contributed by atoms with Gasteiger partial charge in [-0.2, -0.15) is 0 Å². The minimum atomic E-state index is -1.03. The van der Waals surface area contributed by atoms with Crippen LogP contribution >= 0.6 is 0 Å². The maximum atomic E-state index is 15.1. The Morgan fingerprint density at radius 1 is 0.885 bits per heavy atom. The predicted octanol–water partition coefficient (Wildman–Crippen LogP) is 6.62. The summed E-state index contributed by atoms with van der Waals surface area (Å²) in [7, 11) is 1.66. The number of benzene rings is 3. The van der Waals surface area contributed by atoms with Crippen LogP contribution in [0.4, 0.5) is 0 Å². The number of hydrogen-bond acceptors (Lipinski definition) is 6. The fourth-order valence-electron chi connectivity index (χ4n) is 7.95. The summed E-state index contributed by atoms with van der Waals surface area (Å²) in [4.78, 5) is 36.0. The van der Waals surface area contributed by atoms with Gasteiger partial charge in [-0.25, -0.2) is 0 Å². The van der Waals surface area contributed by atoms with Crippen LogP contribution in [0.5, 0.6) is 5.75 Å². The molecule has 1 saturated carbocycles. The number of methoxy groups -OCH3 is 1. The lowest BCUT2D eigenvalue weighted by molar-refractivity contribution is -0.140. The largest absolute Gasteiger partial charge is 0.497 e. The lowest BCUT2D eigenvalue weighted by atomic mass is 9.62. The molecule has 2 unspecified atom stereocenters. The molecule has 10 nitrogen and oxygen atoms in total. The average molecular weight is 696 g/mol. The highest BCUT2D eigenvalue weighted by Gasteiger charge is 2.50. The third kappa shape index (κ3) is 7.32. The van der Waals surface area contributed by atoms with Crippen LogP contribution in [0.2, 0.25) is 0 Å². The minimum absolute atomic E-state index is 0.192. The number of H-pyrrole nitrogens is 1. The molecule has 1 fully saturated rings. The fourth-order valence-corrected chi connectivity index (χ4v) is 7.95. The van der Waals surface area contributed by atoms with Crippen LogP contribution in [-0.2, 0) is 35.4 Å². The molecule has 3 heterocycles. The molecule has 0 bridgehead atoms. The van der Waals surface area contributed by atoms with Crippen LogP contribution in [0.15, 0.2) is 110 Å². The molecule has 0 radical (unpaired) electrons. The molecule has 0 saturated heterocycles. The van der Waals surface area contributed by atoms with E-state index in [0.29, 0.717) is 43.6 Å². The number of carbonyl (C=O) groups excluding carboxylic acids is 2. The molecule has 2 atom stereocenters. The molecule has 10 heteroatoms. The Kier molecular flexibility index (Phi) is 10.4. The first-order chi connectivity index (χ1) is 25.4. The molecule has 2 amide bonds. The number of nitrogens with two attached hydrogens (primary N) is 1. The number of nitrogens with one attached hydrogen (secondary N) is 2. The molecular weight excluding hydrogens is 651 g/mol. The van der Waals surface area contributed by atoms with Crippen molar-refractivity contribution in [1.82, 2.24) is 30.0 Å². The van der Waals surface area contributed by atoms with Gasteiger partial charge in [0.1, 0.15) is 11.6 Å². The van der Waals surface area contributed by atoms with Gasteiger partial charge in [0.25, 0.3) is 0 Å². The SMILES string of the molecule is COc1ccc(Cn2c(CCc3ccccc3)nnc2C(Cc2c[nH]c3ccccc23)NC(=O)C2(C(C(N)=O)c3ccncc3)CCCCC2)cc1. The van der Waals surface area contributed by atoms with Gasteiger partial charge in [0.15, 0.2) is 5.82 Å². The van der Waals surface area contributed by atoms with Gasteiger partial charge in [-0.1, -0.05) is 79.9 Å².